The number of hydrogen-bond donors (Lipinski definition) is 1. The zero-order valence-corrected chi connectivity index (χ0v) is 11.4. The van der Waals surface area contributed by atoms with E-state index in [1.165, 1.54) is 12.8 Å². The number of fused-ring (bicyclic) bond motifs is 12. The second kappa shape index (κ2) is 3.36. The van der Waals surface area contributed by atoms with Crippen molar-refractivity contribution in [1.82, 2.24) is 0 Å². The molecule has 0 radical (unpaired) electrons. The summed E-state index contributed by atoms with van der Waals surface area (Å²) in [5.41, 5.74) is 0. The molecule has 5 rings (SSSR count). The van der Waals surface area contributed by atoms with E-state index < -0.39 is 0 Å². The molecule has 5 fully saturated rings. The van der Waals surface area contributed by atoms with Crippen molar-refractivity contribution in [3.63, 3.8) is 0 Å². The van der Waals surface area contributed by atoms with E-state index in [4.69, 9.17) is 4.74 Å². The van der Waals surface area contributed by atoms with Crippen LogP contribution in [0.2, 0.25) is 0 Å². The predicted molar refractivity (Wildman–Crippen MR) is 67.9 cm³/mol. The van der Waals surface area contributed by atoms with Gasteiger partial charge in [0.05, 0.1) is 12.5 Å². The molecule has 1 heterocycles. The largest absolute Gasteiger partial charge is 0.465 e. The zero-order chi connectivity index (χ0) is 12.9. The molecule has 3 nitrogen and oxygen atoms in total. The molecule has 0 aromatic heterocycles. The molecule has 0 aromatic rings. The lowest BCUT2D eigenvalue weighted by Gasteiger charge is -2.44. The molecule has 1 N–H and O–H groups in total. The second-order valence-corrected chi connectivity index (χ2v) is 7.81. The minimum absolute atomic E-state index is 0.102. The van der Waals surface area contributed by atoms with Gasteiger partial charge in [0.1, 0.15) is 0 Å². The molecule has 1 aliphatic heterocycles. The Labute approximate surface area is 113 Å². The molecule has 19 heavy (non-hydrogen) atoms. The number of rotatable bonds is 1. The van der Waals surface area contributed by atoms with Crippen LogP contribution in [0, 0.1) is 59.2 Å². The van der Waals surface area contributed by atoms with Crippen molar-refractivity contribution in [2.75, 3.05) is 13.2 Å². The van der Waals surface area contributed by atoms with Gasteiger partial charge in [-0.3, -0.25) is 4.79 Å². The third-order valence-corrected chi connectivity index (χ3v) is 7.78. The number of esters is 1. The van der Waals surface area contributed by atoms with E-state index in [0.29, 0.717) is 36.9 Å². The fraction of sp³-hybridized carbons (Fsp3) is 0.938. The van der Waals surface area contributed by atoms with Gasteiger partial charge in [-0.1, -0.05) is 6.92 Å². The molecule has 4 aliphatic carbocycles. The first kappa shape index (κ1) is 11.1. The first-order chi connectivity index (χ1) is 9.22. The summed E-state index contributed by atoms with van der Waals surface area (Å²) in [5.74, 6) is 6.49. The van der Waals surface area contributed by atoms with Gasteiger partial charge in [0.15, 0.2) is 0 Å². The van der Waals surface area contributed by atoms with Crippen LogP contribution in [0.3, 0.4) is 0 Å². The van der Waals surface area contributed by atoms with Crippen LogP contribution in [0.5, 0.6) is 0 Å². The molecule has 0 aromatic carbocycles. The maximum atomic E-state index is 12.0. The van der Waals surface area contributed by atoms with Crippen molar-refractivity contribution in [3.8, 4) is 0 Å². The van der Waals surface area contributed by atoms with E-state index in [9.17, 15) is 9.90 Å². The third-order valence-electron chi connectivity index (χ3n) is 7.78. The summed E-state index contributed by atoms with van der Waals surface area (Å²) in [6, 6.07) is 0. The van der Waals surface area contributed by atoms with Crippen LogP contribution < -0.4 is 0 Å². The van der Waals surface area contributed by atoms with Gasteiger partial charge in [-0.2, -0.15) is 0 Å². The highest BCUT2D eigenvalue weighted by Gasteiger charge is 2.71. The Bertz CT molecular complexity index is 447. The third kappa shape index (κ3) is 1.06. The maximum Gasteiger partial charge on any atom is 0.309 e. The smallest absolute Gasteiger partial charge is 0.309 e. The van der Waals surface area contributed by atoms with Gasteiger partial charge >= 0.3 is 5.97 Å². The number of cyclic esters (lactones) is 1. The van der Waals surface area contributed by atoms with Crippen molar-refractivity contribution in [2.24, 2.45) is 59.2 Å². The predicted octanol–water partition coefficient (Wildman–Crippen LogP) is 1.55. The van der Waals surface area contributed by atoms with E-state index >= 15 is 0 Å². The van der Waals surface area contributed by atoms with E-state index in [1.807, 2.05) is 0 Å². The summed E-state index contributed by atoms with van der Waals surface area (Å²) in [5, 5.41) is 9.70. The van der Waals surface area contributed by atoms with Crippen molar-refractivity contribution < 1.29 is 14.6 Å². The number of carbonyl (C=O) groups is 1. The van der Waals surface area contributed by atoms with Crippen molar-refractivity contribution >= 4 is 5.97 Å². The molecule has 10 unspecified atom stereocenters. The van der Waals surface area contributed by atoms with Gasteiger partial charge < -0.3 is 9.84 Å². The highest BCUT2D eigenvalue weighted by atomic mass is 16.5. The van der Waals surface area contributed by atoms with E-state index in [0.717, 1.165) is 29.6 Å². The number of carbonyl (C=O) groups excluding carboxylic acids is 1. The minimum Gasteiger partial charge on any atom is -0.465 e. The van der Waals surface area contributed by atoms with Crippen molar-refractivity contribution in [3.05, 3.63) is 0 Å². The van der Waals surface area contributed by atoms with Crippen LogP contribution in [0.25, 0.3) is 0 Å². The SMILES string of the molecule is CC1C(CO)C2CC1C1C3CC(C4COC(=O)C43)C21. The molecular weight excluding hydrogens is 240 g/mol. The summed E-state index contributed by atoms with van der Waals surface area (Å²) >= 11 is 0. The molecule has 0 spiro atoms. The van der Waals surface area contributed by atoms with Gasteiger partial charge in [0.25, 0.3) is 0 Å². The summed E-state index contributed by atoms with van der Waals surface area (Å²) in [4.78, 5) is 12.0. The van der Waals surface area contributed by atoms with Crippen LogP contribution in [0.4, 0.5) is 0 Å². The quantitative estimate of drug-likeness (QED) is 0.576. The normalized spacial score (nSPS) is 64.4. The van der Waals surface area contributed by atoms with Crippen LogP contribution in [0.1, 0.15) is 19.8 Å². The van der Waals surface area contributed by atoms with E-state index in [-0.39, 0.29) is 11.9 Å². The first-order valence-corrected chi connectivity index (χ1v) is 8.00. The second-order valence-electron chi connectivity index (χ2n) is 7.81. The Kier molecular flexibility index (Phi) is 1.97. The fourth-order valence-corrected chi connectivity index (χ4v) is 7.35. The number of hydrogen-bond acceptors (Lipinski definition) is 3. The maximum absolute atomic E-state index is 12.0. The fourth-order valence-electron chi connectivity index (χ4n) is 7.35. The number of ether oxygens (including phenoxy) is 1. The Morgan fingerprint density at radius 2 is 1.84 bits per heavy atom. The van der Waals surface area contributed by atoms with Gasteiger partial charge in [-0.15, -0.1) is 0 Å². The van der Waals surface area contributed by atoms with E-state index in [2.05, 4.69) is 6.92 Å². The summed E-state index contributed by atoms with van der Waals surface area (Å²) in [6.07, 6.45) is 2.60. The monoisotopic (exact) mass is 262 g/mol. The molecule has 1 saturated heterocycles. The van der Waals surface area contributed by atoms with Crippen molar-refractivity contribution in [2.45, 2.75) is 19.8 Å². The lowest BCUT2D eigenvalue weighted by molar-refractivity contribution is -0.143. The molecular formula is C16H22O3. The van der Waals surface area contributed by atoms with Crippen LogP contribution in [-0.2, 0) is 9.53 Å². The van der Waals surface area contributed by atoms with Gasteiger partial charge in [0.2, 0.25) is 0 Å². The van der Waals surface area contributed by atoms with Gasteiger partial charge in [0, 0.05) is 12.5 Å². The Morgan fingerprint density at radius 1 is 1.11 bits per heavy atom. The molecule has 3 heteroatoms. The number of aliphatic hydroxyl groups is 1. The summed E-state index contributed by atoms with van der Waals surface area (Å²) in [7, 11) is 0. The average Bonchev–Trinajstić information content (AvgIpc) is 3.11. The summed E-state index contributed by atoms with van der Waals surface area (Å²) < 4.78 is 5.35. The summed E-state index contributed by atoms with van der Waals surface area (Å²) in [6.45, 7) is 3.38. The molecule has 10 atom stereocenters. The highest BCUT2D eigenvalue weighted by molar-refractivity contribution is 5.76. The molecule has 104 valence electrons. The van der Waals surface area contributed by atoms with Crippen LogP contribution in [-0.4, -0.2) is 24.3 Å². The number of aliphatic hydroxyl groups excluding tert-OH is 1. The Morgan fingerprint density at radius 3 is 2.63 bits per heavy atom. The van der Waals surface area contributed by atoms with E-state index in [1.54, 1.807) is 0 Å². The molecule has 4 saturated carbocycles. The lowest BCUT2D eigenvalue weighted by atomic mass is 9.59. The lowest BCUT2D eigenvalue weighted by Crippen LogP contribution is -2.44. The standard InChI is InChI=1S/C16H22O3/c1-6-7-2-8(11(6)4-17)14-9-3-10(13(7)14)15-12(9)5-19-16(15)18/h6-15,17H,2-5H2,1H3. The molecule has 0 amide bonds. The Hall–Kier alpha value is -0.570. The molecule has 4 bridgehead atoms. The van der Waals surface area contributed by atoms with Gasteiger partial charge in [-0.25, -0.2) is 0 Å². The average molecular weight is 262 g/mol. The Balaban J connectivity index is 1.54. The van der Waals surface area contributed by atoms with Crippen LogP contribution >= 0.6 is 0 Å². The van der Waals surface area contributed by atoms with Crippen molar-refractivity contribution in [1.29, 1.82) is 0 Å². The highest BCUT2D eigenvalue weighted by Crippen LogP contribution is 2.73. The topological polar surface area (TPSA) is 46.5 Å². The minimum atomic E-state index is 0.102. The van der Waals surface area contributed by atoms with Gasteiger partial charge in [-0.05, 0) is 60.2 Å². The first-order valence-electron chi connectivity index (χ1n) is 8.00. The molecule has 5 aliphatic rings. The van der Waals surface area contributed by atoms with Crippen LogP contribution in [0.15, 0.2) is 0 Å². The zero-order valence-electron chi connectivity index (χ0n) is 11.4.